The molecule has 2 rings (SSSR count). The monoisotopic (exact) mass is 341 g/mol. The van der Waals surface area contributed by atoms with Gasteiger partial charge in [-0.3, -0.25) is 14.9 Å². The number of hydrogen-bond donors (Lipinski definition) is 1. The molecule has 0 radical (unpaired) electrons. The van der Waals surface area contributed by atoms with Crippen LogP contribution in [0.2, 0.25) is 0 Å². The second kappa shape index (κ2) is 7.34. The number of nitrogens with one attached hydrogen (secondary N) is 1. The van der Waals surface area contributed by atoms with Crippen LogP contribution in [-0.2, 0) is 0 Å². The molecule has 132 valence electrons. The molecule has 0 bridgehead atoms. The number of hydrogen-bond acceptors (Lipinski definition) is 4. The molecule has 6 heteroatoms. The second-order valence-electron chi connectivity index (χ2n) is 6.41. The van der Waals surface area contributed by atoms with Crippen molar-refractivity contribution in [2.24, 2.45) is 0 Å². The van der Waals surface area contributed by atoms with Gasteiger partial charge in [0.05, 0.1) is 16.5 Å². The van der Waals surface area contributed by atoms with Gasteiger partial charge in [0.2, 0.25) is 0 Å². The Morgan fingerprint density at radius 3 is 2.44 bits per heavy atom. The van der Waals surface area contributed by atoms with Gasteiger partial charge in [-0.05, 0) is 38.0 Å². The SMILES string of the molecule is Cc1ccc(C)c(C(C)NC(=O)c2cc([N+](=O)[O-])ccc2N(C)C)c1. The summed E-state index contributed by atoms with van der Waals surface area (Å²) < 4.78 is 0. The van der Waals surface area contributed by atoms with E-state index in [4.69, 9.17) is 0 Å². The number of carbonyl (C=O) groups is 1. The van der Waals surface area contributed by atoms with Gasteiger partial charge in [0.1, 0.15) is 0 Å². The summed E-state index contributed by atoms with van der Waals surface area (Å²) in [6.45, 7) is 5.91. The predicted molar refractivity (Wildman–Crippen MR) is 99.2 cm³/mol. The van der Waals surface area contributed by atoms with Crippen molar-refractivity contribution < 1.29 is 9.72 Å². The van der Waals surface area contributed by atoms with Crippen molar-refractivity contribution in [3.8, 4) is 0 Å². The maximum Gasteiger partial charge on any atom is 0.270 e. The lowest BCUT2D eigenvalue weighted by Gasteiger charge is -2.20. The fourth-order valence-electron chi connectivity index (χ4n) is 2.79. The third kappa shape index (κ3) is 4.15. The first kappa shape index (κ1) is 18.4. The maximum absolute atomic E-state index is 12.8. The quantitative estimate of drug-likeness (QED) is 0.663. The summed E-state index contributed by atoms with van der Waals surface area (Å²) in [6.07, 6.45) is 0. The number of anilines is 1. The summed E-state index contributed by atoms with van der Waals surface area (Å²) in [7, 11) is 3.60. The lowest BCUT2D eigenvalue weighted by molar-refractivity contribution is -0.384. The Bertz CT molecular complexity index is 816. The zero-order valence-corrected chi connectivity index (χ0v) is 15.2. The molecule has 1 atom stereocenters. The van der Waals surface area contributed by atoms with Gasteiger partial charge in [0.25, 0.3) is 11.6 Å². The van der Waals surface area contributed by atoms with Crippen molar-refractivity contribution >= 4 is 17.3 Å². The summed E-state index contributed by atoms with van der Waals surface area (Å²) in [6, 6.07) is 10.2. The topological polar surface area (TPSA) is 75.5 Å². The van der Waals surface area contributed by atoms with E-state index in [0.29, 0.717) is 5.69 Å². The number of aryl methyl sites for hydroxylation is 2. The molecule has 1 N–H and O–H groups in total. The normalized spacial score (nSPS) is 11.7. The highest BCUT2D eigenvalue weighted by Crippen LogP contribution is 2.26. The zero-order chi connectivity index (χ0) is 18.7. The van der Waals surface area contributed by atoms with Crippen LogP contribution in [0.5, 0.6) is 0 Å². The van der Waals surface area contributed by atoms with Gasteiger partial charge in [-0.15, -0.1) is 0 Å². The third-order valence-corrected chi connectivity index (χ3v) is 4.17. The molecule has 1 unspecified atom stereocenters. The molecule has 0 heterocycles. The molecule has 2 aromatic carbocycles. The number of carbonyl (C=O) groups excluding carboxylic acids is 1. The van der Waals surface area contributed by atoms with Gasteiger partial charge in [0.15, 0.2) is 0 Å². The minimum Gasteiger partial charge on any atom is -0.377 e. The first-order valence-electron chi connectivity index (χ1n) is 8.04. The molecule has 1 amide bonds. The fourth-order valence-corrected chi connectivity index (χ4v) is 2.79. The Balaban J connectivity index is 2.35. The molecule has 0 saturated heterocycles. The molecule has 0 aliphatic carbocycles. The van der Waals surface area contributed by atoms with Crippen LogP contribution in [0.1, 0.15) is 40.0 Å². The largest absolute Gasteiger partial charge is 0.377 e. The van der Waals surface area contributed by atoms with Gasteiger partial charge in [0, 0.05) is 31.9 Å². The van der Waals surface area contributed by atoms with Crippen LogP contribution in [-0.4, -0.2) is 24.9 Å². The van der Waals surface area contributed by atoms with Crippen LogP contribution in [0.3, 0.4) is 0 Å². The number of rotatable bonds is 5. The molecule has 0 aromatic heterocycles. The van der Waals surface area contributed by atoms with Gasteiger partial charge in [-0.1, -0.05) is 23.8 Å². The fraction of sp³-hybridized carbons (Fsp3) is 0.316. The minimum atomic E-state index is -0.496. The van der Waals surface area contributed by atoms with E-state index in [9.17, 15) is 14.9 Å². The molecule has 0 aliphatic heterocycles. The summed E-state index contributed by atoms with van der Waals surface area (Å²) in [5, 5.41) is 14.0. The van der Waals surface area contributed by atoms with Crippen molar-refractivity contribution in [1.82, 2.24) is 5.32 Å². The molecule has 0 fully saturated rings. The Labute approximate surface area is 147 Å². The van der Waals surface area contributed by atoms with Crippen LogP contribution >= 0.6 is 0 Å². The van der Waals surface area contributed by atoms with E-state index in [-0.39, 0.29) is 23.2 Å². The summed E-state index contributed by atoms with van der Waals surface area (Å²) >= 11 is 0. The summed E-state index contributed by atoms with van der Waals surface area (Å²) in [4.78, 5) is 25.1. The average molecular weight is 341 g/mol. The average Bonchev–Trinajstić information content (AvgIpc) is 2.56. The first-order valence-corrected chi connectivity index (χ1v) is 8.04. The lowest BCUT2D eigenvalue weighted by Crippen LogP contribution is -2.29. The maximum atomic E-state index is 12.8. The lowest BCUT2D eigenvalue weighted by atomic mass is 9.99. The number of nitro groups is 1. The highest BCUT2D eigenvalue weighted by Gasteiger charge is 2.20. The van der Waals surface area contributed by atoms with E-state index in [1.165, 1.54) is 12.1 Å². The zero-order valence-electron chi connectivity index (χ0n) is 15.2. The first-order chi connectivity index (χ1) is 11.7. The minimum absolute atomic E-state index is 0.102. The van der Waals surface area contributed by atoms with Crippen molar-refractivity contribution in [2.75, 3.05) is 19.0 Å². The van der Waals surface area contributed by atoms with E-state index in [2.05, 4.69) is 5.32 Å². The van der Waals surface area contributed by atoms with Crippen LogP contribution < -0.4 is 10.2 Å². The summed E-state index contributed by atoms with van der Waals surface area (Å²) in [5.74, 6) is -0.333. The molecule has 0 spiro atoms. The predicted octanol–water partition coefficient (Wildman–Crippen LogP) is 3.77. The number of benzene rings is 2. The third-order valence-electron chi connectivity index (χ3n) is 4.17. The highest BCUT2D eigenvalue weighted by atomic mass is 16.6. The van der Waals surface area contributed by atoms with Crippen LogP contribution in [0.15, 0.2) is 36.4 Å². The molecule has 2 aromatic rings. The van der Waals surface area contributed by atoms with Crippen LogP contribution in [0.4, 0.5) is 11.4 Å². The Morgan fingerprint density at radius 1 is 1.16 bits per heavy atom. The number of nitro benzene ring substituents is 1. The van der Waals surface area contributed by atoms with E-state index in [0.717, 1.165) is 16.7 Å². The summed E-state index contributed by atoms with van der Waals surface area (Å²) in [5.41, 5.74) is 4.06. The number of nitrogens with zero attached hydrogens (tertiary/aromatic N) is 2. The smallest absolute Gasteiger partial charge is 0.270 e. The second-order valence-corrected chi connectivity index (χ2v) is 6.41. The van der Waals surface area contributed by atoms with Gasteiger partial charge >= 0.3 is 0 Å². The molecular formula is C19H23N3O3. The van der Waals surface area contributed by atoms with E-state index in [1.807, 2.05) is 39.0 Å². The van der Waals surface area contributed by atoms with E-state index in [1.54, 1.807) is 25.1 Å². The molecule has 0 saturated carbocycles. The van der Waals surface area contributed by atoms with Gasteiger partial charge in [-0.25, -0.2) is 0 Å². The Morgan fingerprint density at radius 2 is 1.84 bits per heavy atom. The Kier molecular flexibility index (Phi) is 5.41. The van der Waals surface area contributed by atoms with Crippen molar-refractivity contribution in [1.29, 1.82) is 0 Å². The van der Waals surface area contributed by atoms with Gasteiger partial charge in [-0.2, -0.15) is 0 Å². The number of amides is 1. The van der Waals surface area contributed by atoms with Crippen LogP contribution in [0.25, 0.3) is 0 Å². The Hall–Kier alpha value is -2.89. The highest BCUT2D eigenvalue weighted by molar-refractivity contribution is 6.00. The standard InChI is InChI=1S/C19H23N3O3/c1-12-6-7-13(2)16(10-12)14(3)20-19(23)17-11-15(22(24)25)8-9-18(17)21(4)5/h6-11,14H,1-5H3,(H,20,23). The van der Waals surface area contributed by atoms with Gasteiger partial charge < -0.3 is 10.2 Å². The molecular weight excluding hydrogens is 318 g/mol. The molecule has 6 nitrogen and oxygen atoms in total. The van der Waals surface area contributed by atoms with E-state index < -0.39 is 4.92 Å². The van der Waals surface area contributed by atoms with Crippen molar-refractivity contribution in [3.05, 3.63) is 68.8 Å². The van der Waals surface area contributed by atoms with Crippen molar-refractivity contribution in [3.63, 3.8) is 0 Å². The van der Waals surface area contributed by atoms with E-state index >= 15 is 0 Å². The molecule has 0 aliphatic rings. The molecule has 25 heavy (non-hydrogen) atoms. The van der Waals surface area contributed by atoms with Crippen molar-refractivity contribution in [2.45, 2.75) is 26.8 Å². The number of non-ortho nitro benzene ring substituents is 1. The van der Waals surface area contributed by atoms with Crippen LogP contribution in [0, 0.1) is 24.0 Å².